The van der Waals surface area contributed by atoms with Crippen LogP contribution in [-0.4, -0.2) is 50.9 Å². The van der Waals surface area contributed by atoms with E-state index >= 15 is 0 Å². The number of ether oxygens (including phenoxy) is 2. The fourth-order valence-electron chi connectivity index (χ4n) is 4.31. The molecule has 0 fully saturated rings. The van der Waals surface area contributed by atoms with Crippen molar-refractivity contribution in [2.45, 2.75) is 46.9 Å². The lowest BCUT2D eigenvalue weighted by Crippen LogP contribution is -2.26. The van der Waals surface area contributed by atoms with Gasteiger partial charge in [0.1, 0.15) is 23.6 Å². The van der Waals surface area contributed by atoms with Crippen LogP contribution in [0.15, 0.2) is 48.5 Å². The number of aromatic nitrogens is 4. The molecule has 4 aromatic rings. The number of nitrogens with one attached hydrogen (secondary N) is 3. The average molecular weight is 548 g/mol. The normalized spacial score (nSPS) is 10.8. The van der Waals surface area contributed by atoms with Crippen molar-refractivity contribution in [3.63, 3.8) is 0 Å². The van der Waals surface area contributed by atoms with Gasteiger partial charge in [-0.15, -0.1) is 0 Å². The van der Waals surface area contributed by atoms with Crippen LogP contribution in [-0.2, 0) is 29.2 Å². The standard InChI is InChI=1S/C28H33N7O5/c1-5-35-23(14-18(2)33-35)26(37)32-27-31-22-15-21(30-19(3)36)16-24(39-4)25(22)34(27)13-9-12-29-28(38)40-17-20-10-7-6-8-11-20/h6-8,10-11,14-16H,5,9,12-13,17H2,1-4H3,(H,29,38)(H,30,36)(H,31,32,37). The van der Waals surface area contributed by atoms with E-state index in [2.05, 4.69) is 26.0 Å². The zero-order chi connectivity index (χ0) is 28.6. The Labute approximate surface area is 231 Å². The number of aryl methyl sites for hydroxylation is 3. The van der Waals surface area contributed by atoms with Gasteiger partial charge in [-0.3, -0.25) is 19.6 Å². The first-order valence-corrected chi connectivity index (χ1v) is 12.9. The van der Waals surface area contributed by atoms with Crippen molar-refractivity contribution >= 4 is 40.6 Å². The van der Waals surface area contributed by atoms with E-state index in [1.54, 1.807) is 22.9 Å². The SMILES string of the molecule is CCn1nc(C)cc1C(=O)Nc1nc2cc(NC(C)=O)cc(OC)c2n1CCCNC(=O)OCc1ccccc1. The molecule has 0 aliphatic heterocycles. The van der Waals surface area contributed by atoms with Crippen molar-refractivity contribution in [3.05, 3.63) is 65.5 Å². The summed E-state index contributed by atoms with van der Waals surface area (Å²) in [6.45, 7) is 6.58. The molecule has 0 aliphatic rings. The highest BCUT2D eigenvalue weighted by molar-refractivity contribution is 6.03. The molecule has 0 spiro atoms. The van der Waals surface area contributed by atoms with E-state index in [1.807, 2.05) is 48.7 Å². The van der Waals surface area contributed by atoms with E-state index < -0.39 is 6.09 Å². The number of imidazole rings is 1. The number of benzene rings is 2. The zero-order valence-electron chi connectivity index (χ0n) is 23.0. The number of anilines is 2. The van der Waals surface area contributed by atoms with Crippen LogP contribution in [0, 0.1) is 6.92 Å². The van der Waals surface area contributed by atoms with Crippen molar-refractivity contribution in [1.82, 2.24) is 24.6 Å². The summed E-state index contributed by atoms with van der Waals surface area (Å²) < 4.78 is 14.3. The Bertz CT molecular complexity index is 1510. The van der Waals surface area contributed by atoms with Crippen molar-refractivity contribution in [2.24, 2.45) is 0 Å². The third-order valence-electron chi connectivity index (χ3n) is 6.05. The first-order chi connectivity index (χ1) is 19.3. The number of methoxy groups -OCH3 is 1. The highest BCUT2D eigenvalue weighted by atomic mass is 16.5. The predicted molar refractivity (Wildman–Crippen MR) is 150 cm³/mol. The van der Waals surface area contributed by atoms with Crippen LogP contribution in [0.25, 0.3) is 11.0 Å². The maximum Gasteiger partial charge on any atom is 0.407 e. The van der Waals surface area contributed by atoms with Gasteiger partial charge in [0.2, 0.25) is 11.9 Å². The Morgan fingerprint density at radius 3 is 2.52 bits per heavy atom. The average Bonchev–Trinajstić information content (AvgIpc) is 3.49. The van der Waals surface area contributed by atoms with Crippen LogP contribution in [0.2, 0.25) is 0 Å². The molecule has 2 aromatic carbocycles. The highest BCUT2D eigenvalue weighted by Crippen LogP contribution is 2.33. The molecule has 4 rings (SSSR count). The number of carbonyl (C=O) groups is 3. The summed E-state index contributed by atoms with van der Waals surface area (Å²) >= 11 is 0. The van der Waals surface area contributed by atoms with Crippen LogP contribution in [0.1, 0.15) is 42.0 Å². The number of hydrogen-bond donors (Lipinski definition) is 3. The lowest BCUT2D eigenvalue weighted by Gasteiger charge is -2.13. The molecule has 210 valence electrons. The molecule has 3 amide bonds. The fraction of sp³-hybridized carbons (Fsp3) is 0.321. The summed E-state index contributed by atoms with van der Waals surface area (Å²) in [5, 5.41) is 12.8. The van der Waals surface area contributed by atoms with Gasteiger partial charge in [0, 0.05) is 38.3 Å². The topological polar surface area (TPSA) is 141 Å². The minimum atomic E-state index is -0.520. The Balaban J connectivity index is 1.54. The number of amides is 3. The van der Waals surface area contributed by atoms with Gasteiger partial charge in [0.05, 0.1) is 18.3 Å². The van der Waals surface area contributed by atoms with E-state index in [0.29, 0.717) is 60.2 Å². The van der Waals surface area contributed by atoms with Crippen molar-refractivity contribution in [2.75, 3.05) is 24.3 Å². The molecule has 0 bridgehead atoms. The lowest BCUT2D eigenvalue weighted by molar-refractivity contribution is -0.114. The fourth-order valence-corrected chi connectivity index (χ4v) is 4.31. The zero-order valence-corrected chi connectivity index (χ0v) is 23.0. The van der Waals surface area contributed by atoms with E-state index in [0.717, 1.165) is 11.3 Å². The van der Waals surface area contributed by atoms with Gasteiger partial charge in [-0.2, -0.15) is 5.10 Å². The van der Waals surface area contributed by atoms with Crippen LogP contribution < -0.4 is 20.7 Å². The number of rotatable bonds is 11. The second kappa shape index (κ2) is 12.8. The molecular formula is C28H33N7O5. The summed E-state index contributed by atoms with van der Waals surface area (Å²) in [5.74, 6) is 0.177. The molecule has 0 unspecified atom stereocenters. The summed E-state index contributed by atoms with van der Waals surface area (Å²) in [6.07, 6.45) is -0.00854. The molecule has 0 aliphatic carbocycles. The number of fused-ring (bicyclic) bond motifs is 1. The van der Waals surface area contributed by atoms with Gasteiger partial charge in [0.25, 0.3) is 5.91 Å². The lowest BCUT2D eigenvalue weighted by atomic mass is 10.2. The molecule has 2 heterocycles. The van der Waals surface area contributed by atoms with Crippen LogP contribution >= 0.6 is 0 Å². The summed E-state index contributed by atoms with van der Waals surface area (Å²) in [6, 6.07) is 14.5. The Morgan fingerprint density at radius 1 is 1.05 bits per heavy atom. The van der Waals surface area contributed by atoms with Gasteiger partial charge >= 0.3 is 6.09 Å². The van der Waals surface area contributed by atoms with Gasteiger partial charge < -0.3 is 24.7 Å². The third kappa shape index (κ3) is 6.76. The summed E-state index contributed by atoms with van der Waals surface area (Å²) in [5.41, 5.74) is 3.71. The minimum absolute atomic E-state index is 0.177. The van der Waals surface area contributed by atoms with Crippen LogP contribution in [0.3, 0.4) is 0 Å². The molecular weight excluding hydrogens is 514 g/mol. The van der Waals surface area contributed by atoms with E-state index in [-0.39, 0.29) is 18.4 Å². The van der Waals surface area contributed by atoms with Gasteiger partial charge in [-0.1, -0.05) is 30.3 Å². The monoisotopic (exact) mass is 547 g/mol. The molecule has 0 atom stereocenters. The van der Waals surface area contributed by atoms with Gasteiger partial charge in [0.15, 0.2) is 0 Å². The van der Waals surface area contributed by atoms with E-state index in [9.17, 15) is 14.4 Å². The quantitative estimate of drug-likeness (QED) is 0.240. The van der Waals surface area contributed by atoms with Crippen LogP contribution in [0.4, 0.5) is 16.4 Å². The van der Waals surface area contributed by atoms with Crippen molar-refractivity contribution in [3.8, 4) is 5.75 Å². The van der Waals surface area contributed by atoms with E-state index in [4.69, 9.17) is 9.47 Å². The molecule has 0 saturated carbocycles. The first kappa shape index (κ1) is 28.1. The molecule has 0 saturated heterocycles. The van der Waals surface area contributed by atoms with Crippen molar-refractivity contribution in [1.29, 1.82) is 0 Å². The second-order valence-corrected chi connectivity index (χ2v) is 9.10. The summed E-state index contributed by atoms with van der Waals surface area (Å²) in [4.78, 5) is 41.7. The number of alkyl carbamates (subject to hydrolysis) is 1. The smallest absolute Gasteiger partial charge is 0.407 e. The maximum absolute atomic E-state index is 13.2. The third-order valence-corrected chi connectivity index (χ3v) is 6.05. The Kier molecular flexibility index (Phi) is 9.00. The summed E-state index contributed by atoms with van der Waals surface area (Å²) in [7, 11) is 1.52. The molecule has 40 heavy (non-hydrogen) atoms. The highest BCUT2D eigenvalue weighted by Gasteiger charge is 2.21. The minimum Gasteiger partial charge on any atom is -0.494 e. The number of hydrogen-bond acceptors (Lipinski definition) is 7. The first-order valence-electron chi connectivity index (χ1n) is 12.9. The van der Waals surface area contributed by atoms with Gasteiger partial charge in [-0.25, -0.2) is 9.78 Å². The molecule has 0 radical (unpaired) electrons. The maximum atomic E-state index is 13.2. The number of nitrogens with zero attached hydrogens (tertiary/aromatic N) is 4. The van der Waals surface area contributed by atoms with Crippen molar-refractivity contribution < 1.29 is 23.9 Å². The van der Waals surface area contributed by atoms with E-state index in [1.165, 1.54) is 14.0 Å². The Morgan fingerprint density at radius 2 is 1.82 bits per heavy atom. The largest absolute Gasteiger partial charge is 0.494 e. The molecule has 2 aromatic heterocycles. The molecule has 3 N–H and O–H groups in total. The number of carbonyl (C=O) groups excluding carboxylic acids is 3. The second-order valence-electron chi connectivity index (χ2n) is 9.10. The van der Waals surface area contributed by atoms with Crippen LogP contribution in [0.5, 0.6) is 5.75 Å². The Hall–Kier alpha value is -4.87. The predicted octanol–water partition coefficient (Wildman–Crippen LogP) is 4.10. The van der Waals surface area contributed by atoms with Gasteiger partial charge in [-0.05, 0) is 38.0 Å². The molecule has 12 heteroatoms. The molecule has 12 nitrogen and oxygen atoms in total.